The number of halogens is 2. The van der Waals surface area contributed by atoms with E-state index in [4.69, 9.17) is 27.9 Å². The predicted molar refractivity (Wildman–Crippen MR) is 145 cm³/mol. The Bertz CT molecular complexity index is 1310. The minimum Gasteiger partial charge on any atom is -0.489 e. The Hall–Kier alpha value is -3.60. The molecule has 1 aliphatic rings. The molecular weight excluding hydrogens is 491 g/mol. The minimum absolute atomic E-state index is 0.126. The van der Waals surface area contributed by atoms with Crippen LogP contribution in [0.3, 0.4) is 0 Å². The zero-order valence-corrected chi connectivity index (χ0v) is 20.9. The lowest BCUT2D eigenvalue weighted by atomic mass is 9.85. The van der Waals surface area contributed by atoms with Crippen LogP contribution in [0.2, 0.25) is 10.0 Å². The summed E-state index contributed by atoms with van der Waals surface area (Å²) in [5.74, 6) is 0.401. The smallest absolute Gasteiger partial charge is 0.244 e. The summed E-state index contributed by atoms with van der Waals surface area (Å²) >= 11 is 12.2. The van der Waals surface area contributed by atoms with E-state index in [0.29, 0.717) is 23.1 Å². The third-order valence-electron chi connectivity index (χ3n) is 6.51. The molecule has 1 amide bonds. The number of nitrogens with one attached hydrogen (secondary N) is 1. The summed E-state index contributed by atoms with van der Waals surface area (Å²) in [5, 5.41) is 5.52. The van der Waals surface area contributed by atoms with E-state index < -0.39 is 5.41 Å². The van der Waals surface area contributed by atoms with Gasteiger partial charge in [-0.3, -0.25) is 4.79 Å². The van der Waals surface area contributed by atoms with Gasteiger partial charge < -0.3 is 4.74 Å². The second-order valence-corrected chi connectivity index (χ2v) is 9.69. The number of hydrogen-bond donors (Lipinski definition) is 1. The Morgan fingerprint density at radius 1 is 0.861 bits per heavy atom. The molecule has 1 saturated carbocycles. The van der Waals surface area contributed by atoms with Crippen molar-refractivity contribution in [3.63, 3.8) is 0 Å². The standard InChI is InChI=1S/C30H24Cl2N2O2/c31-25-12-8-23(9-13-25)30(24-10-14-26(32)15-11-24)18-28(30)29(35)34-33-19-21-6-16-27(17-7-21)36-20-22-4-2-1-3-5-22/h1-17,19,28H,18,20H2,(H,34,35). The predicted octanol–water partition coefficient (Wildman–Crippen LogP) is 7.03. The summed E-state index contributed by atoms with van der Waals surface area (Å²) in [6.45, 7) is 0.509. The lowest BCUT2D eigenvalue weighted by molar-refractivity contribution is -0.122. The van der Waals surface area contributed by atoms with Crippen LogP contribution < -0.4 is 10.2 Å². The van der Waals surface area contributed by atoms with Gasteiger partial charge >= 0.3 is 0 Å². The van der Waals surface area contributed by atoms with Gasteiger partial charge in [-0.2, -0.15) is 5.10 Å². The number of carbonyl (C=O) groups excluding carboxylic acids is 1. The van der Waals surface area contributed by atoms with Crippen LogP contribution in [0.4, 0.5) is 0 Å². The number of hydrazone groups is 1. The molecule has 0 radical (unpaired) electrons. The SMILES string of the molecule is O=C(NN=Cc1ccc(OCc2ccccc2)cc1)C1CC1(c1ccc(Cl)cc1)c1ccc(Cl)cc1. The maximum Gasteiger partial charge on any atom is 0.244 e. The molecule has 0 aliphatic heterocycles. The highest BCUT2D eigenvalue weighted by Crippen LogP contribution is 2.59. The van der Waals surface area contributed by atoms with E-state index in [1.807, 2.05) is 103 Å². The fourth-order valence-corrected chi connectivity index (χ4v) is 4.77. The van der Waals surface area contributed by atoms with Gasteiger partial charge in [0.1, 0.15) is 12.4 Å². The molecule has 0 aromatic heterocycles. The number of ether oxygens (including phenoxy) is 1. The summed E-state index contributed by atoms with van der Waals surface area (Å²) in [5.41, 5.74) is 6.36. The van der Waals surface area contributed by atoms with Gasteiger partial charge in [0.05, 0.1) is 12.1 Å². The molecule has 1 fully saturated rings. The molecular formula is C30H24Cl2N2O2. The van der Waals surface area contributed by atoms with Crippen LogP contribution in [0.25, 0.3) is 0 Å². The van der Waals surface area contributed by atoms with Crippen LogP contribution in [-0.4, -0.2) is 12.1 Å². The van der Waals surface area contributed by atoms with Gasteiger partial charge in [-0.05, 0) is 77.2 Å². The summed E-state index contributed by atoms with van der Waals surface area (Å²) in [4.78, 5) is 13.1. The first-order valence-electron chi connectivity index (χ1n) is 11.7. The van der Waals surface area contributed by atoms with Crippen LogP contribution >= 0.6 is 23.2 Å². The number of amides is 1. The Morgan fingerprint density at radius 3 is 2.03 bits per heavy atom. The first kappa shape index (κ1) is 24.1. The van der Waals surface area contributed by atoms with E-state index in [2.05, 4.69) is 10.5 Å². The Labute approximate surface area is 220 Å². The maximum absolute atomic E-state index is 13.1. The van der Waals surface area contributed by atoms with Crippen molar-refractivity contribution < 1.29 is 9.53 Å². The van der Waals surface area contributed by atoms with Crippen molar-refractivity contribution in [2.45, 2.75) is 18.4 Å². The molecule has 6 heteroatoms. The van der Waals surface area contributed by atoms with Crippen molar-refractivity contribution in [3.05, 3.63) is 135 Å². The molecule has 1 atom stereocenters. The zero-order chi connectivity index (χ0) is 25.0. The summed E-state index contributed by atoms with van der Waals surface area (Å²) < 4.78 is 5.82. The molecule has 4 nitrogen and oxygen atoms in total. The van der Waals surface area contributed by atoms with Crippen LogP contribution in [0.5, 0.6) is 5.75 Å². The molecule has 4 aromatic rings. The number of benzene rings is 4. The van der Waals surface area contributed by atoms with E-state index >= 15 is 0 Å². The van der Waals surface area contributed by atoms with E-state index in [0.717, 1.165) is 28.0 Å². The minimum atomic E-state index is -0.424. The molecule has 0 spiro atoms. The van der Waals surface area contributed by atoms with E-state index in [-0.39, 0.29) is 11.8 Å². The van der Waals surface area contributed by atoms with Crippen LogP contribution in [0.15, 0.2) is 108 Å². The second-order valence-electron chi connectivity index (χ2n) is 8.82. The quantitative estimate of drug-likeness (QED) is 0.202. The fraction of sp³-hybridized carbons (Fsp3) is 0.133. The third-order valence-corrected chi connectivity index (χ3v) is 7.02. The van der Waals surface area contributed by atoms with Gasteiger partial charge in [-0.15, -0.1) is 0 Å². The molecule has 1 unspecified atom stereocenters. The summed E-state index contributed by atoms with van der Waals surface area (Å²) in [7, 11) is 0. The average molecular weight is 515 g/mol. The highest BCUT2D eigenvalue weighted by Gasteiger charge is 2.60. The summed E-state index contributed by atoms with van der Waals surface area (Å²) in [6.07, 6.45) is 2.32. The van der Waals surface area contributed by atoms with Gasteiger partial charge in [0, 0.05) is 15.5 Å². The molecule has 36 heavy (non-hydrogen) atoms. The third kappa shape index (κ3) is 5.30. The fourth-order valence-electron chi connectivity index (χ4n) is 4.52. The van der Waals surface area contributed by atoms with Crippen molar-refractivity contribution in [2.24, 2.45) is 11.0 Å². The molecule has 5 rings (SSSR count). The number of rotatable bonds is 8. The molecule has 0 saturated heterocycles. The number of nitrogens with zero attached hydrogens (tertiary/aromatic N) is 1. The maximum atomic E-state index is 13.1. The zero-order valence-electron chi connectivity index (χ0n) is 19.4. The molecule has 180 valence electrons. The van der Waals surface area contributed by atoms with Gasteiger partial charge in [0.15, 0.2) is 0 Å². The van der Waals surface area contributed by atoms with E-state index in [1.165, 1.54) is 0 Å². The lowest BCUT2D eigenvalue weighted by Crippen LogP contribution is -2.25. The van der Waals surface area contributed by atoms with Crippen molar-refractivity contribution in [1.82, 2.24) is 5.43 Å². The van der Waals surface area contributed by atoms with Crippen LogP contribution in [0, 0.1) is 5.92 Å². The normalized spacial score (nSPS) is 16.0. The molecule has 1 N–H and O–H groups in total. The first-order chi connectivity index (χ1) is 17.5. The Kier molecular flexibility index (Phi) is 7.08. The number of hydrogen-bond acceptors (Lipinski definition) is 3. The van der Waals surface area contributed by atoms with Gasteiger partial charge in [-0.25, -0.2) is 5.43 Å². The highest BCUT2D eigenvalue weighted by molar-refractivity contribution is 6.30. The molecule has 1 aliphatic carbocycles. The number of carbonyl (C=O) groups is 1. The Balaban J connectivity index is 1.23. The topological polar surface area (TPSA) is 50.7 Å². The van der Waals surface area contributed by atoms with Crippen molar-refractivity contribution in [2.75, 3.05) is 0 Å². The van der Waals surface area contributed by atoms with Crippen LogP contribution in [0.1, 0.15) is 28.7 Å². The summed E-state index contributed by atoms with van der Waals surface area (Å²) in [6, 6.07) is 32.9. The Morgan fingerprint density at radius 2 is 1.44 bits per heavy atom. The second kappa shape index (κ2) is 10.6. The first-order valence-corrected chi connectivity index (χ1v) is 12.4. The van der Waals surface area contributed by atoms with Gasteiger partial charge in [0.2, 0.25) is 5.91 Å². The van der Waals surface area contributed by atoms with E-state index in [1.54, 1.807) is 6.21 Å². The van der Waals surface area contributed by atoms with Gasteiger partial charge in [0.25, 0.3) is 0 Å². The van der Waals surface area contributed by atoms with Gasteiger partial charge in [-0.1, -0.05) is 77.8 Å². The molecule has 0 heterocycles. The van der Waals surface area contributed by atoms with Crippen molar-refractivity contribution >= 4 is 35.3 Å². The molecule has 0 bridgehead atoms. The monoisotopic (exact) mass is 514 g/mol. The van der Waals surface area contributed by atoms with Crippen molar-refractivity contribution in [3.8, 4) is 5.75 Å². The average Bonchev–Trinajstić information content (AvgIpc) is 3.67. The molecule has 4 aromatic carbocycles. The van der Waals surface area contributed by atoms with E-state index in [9.17, 15) is 4.79 Å². The van der Waals surface area contributed by atoms with Crippen molar-refractivity contribution in [1.29, 1.82) is 0 Å². The lowest BCUT2D eigenvalue weighted by Gasteiger charge is -2.19. The highest BCUT2D eigenvalue weighted by atomic mass is 35.5. The van der Waals surface area contributed by atoms with Crippen LogP contribution in [-0.2, 0) is 16.8 Å². The largest absolute Gasteiger partial charge is 0.489 e.